The molecule has 16 heavy (non-hydrogen) atoms. The number of benzene rings is 1. The lowest BCUT2D eigenvalue weighted by atomic mass is 10.3. The molecule has 1 aromatic rings. The summed E-state index contributed by atoms with van der Waals surface area (Å²) in [6.07, 6.45) is -0.956. The summed E-state index contributed by atoms with van der Waals surface area (Å²) in [5.41, 5.74) is -0.540. The van der Waals surface area contributed by atoms with Gasteiger partial charge in [0.05, 0.1) is 17.6 Å². The number of nitrogens with zero attached hydrogens (tertiary/aromatic N) is 1. The van der Waals surface area contributed by atoms with Gasteiger partial charge in [0.2, 0.25) is 0 Å². The Kier molecular flexibility index (Phi) is 3.65. The molecule has 0 heterocycles. The molecule has 1 aromatic carbocycles. The first kappa shape index (κ1) is 11.8. The quantitative estimate of drug-likeness (QED) is 0.366. The van der Waals surface area contributed by atoms with Gasteiger partial charge in [0.25, 0.3) is 0 Å². The standard InChI is InChI=1S/C9H9NO6/c1-2-15-9(12)16-6-3-4-8(11)7(5-6)10(13)14/h3-5,11H,2H2,1H3. The van der Waals surface area contributed by atoms with Crippen molar-refractivity contribution in [2.24, 2.45) is 0 Å². The zero-order valence-corrected chi connectivity index (χ0v) is 8.37. The first-order valence-corrected chi connectivity index (χ1v) is 4.36. The van der Waals surface area contributed by atoms with Crippen molar-refractivity contribution in [3.8, 4) is 11.5 Å². The van der Waals surface area contributed by atoms with Crippen molar-refractivity contribution >= 4 is 11.8 Å². The second-order valence-corrected chi connectivity index (χ2v) is 2.69. The molecular weight excluding hydrogens is 218 g/mol. The van der Waals surface area contributed by atoms with Gasteiger partial charge in [0.1, 0.15) is 5.75 Å². The normalized spacial score (nSPS) is 9.56. The lowest BCUT2D eigenvalue weighted by Gasteiger charge is -2.03. The highest BCUT2D eigenvalue weighted by molar-refractivity contribution is 5.65. The molecule has 0 bridgehead atoms. The minimum absolute atomic E-state index is 0.0667. The molecule has 0 aliphatic heterocycles. The van der Waals surface area contributed by atoms with E-state index in [9.17, 15) is 14.9 Å². The van der Waals surface area contributed by atoms with E-state index in [1.807, 2.05) is 0 Å². The van der Waals surface area contributed by atoms with Gasteiger partial charge in [0.15, 0.2) is 5.75 Å². The molecule has 0 aliphatic carbocycles. The maximum Gasteiger partial charge on any atom is 0.513 e. The fourth-order valence-corrected chi connectivity index (χ4v) is 0.957. The Bertz CT molecular complexity index is 416. The van der Waals surface area contributed by atoms with Crippen LogP contribution >= 0.6 is 0 Å². The third-order valence-electron chi connectivity index (χ3n) is 1.61. The molecule has 7 nitrogen and oxygen atoms in total. The van der Waals surface area contributed by atoms with E-state index in [0.717, 1.165) is 12.1 Å². The third-order valence-corrected chi connectivity index (χ3v) is 1.61. The topological polar surface area (TPSA) is 98.9 Å². The summed E-state index contributed by atoms with van der Waals surface area (Å²) in [7, 11) is 0. The maximum atomic E-state index is 10.9. The molecule has 1 rings (SSSR count). The van der Waals surface area contributed by atoms with Crippen LogP contribution < -0.4 is 4.74 Å². The van der Waals surface area contributed by atoms with Crippen LogP contribution in [0.3, 0.4) is 0 Å². The van der Waals surface area contributed by atoms with E-state index >= 15 is 0 Å². The zero-order valence-electron chi connectivity index (χ0n) is 8.37. The molecule has 0 saturated heterocycles. The van der Waals surface area contributed by atoms with Gasteiger partial charge in [0, 0.05) is 0 Å². The van der Waals surface area contributed by atoms with Gasteiger partial charge < -0.3 is 14.6 Å². The van der Waals surface area contributed by atoms with E-state index in [0.29, 0.717) is 0 Å². The Balaban J connectivity index is 2.87. The van der Waals surface area contributed by atoms with Crippen LogP contribution in [0.1, 0.15) is 6.92 Å². The monoisotopic (exact) mass is 227 g/mol. The minimum Gasteiger partial charge on any atom is -0.502 e. The highest BCUT2D eigenvalue weighted by Gasteiger charge is 2.15. The fourth-order valence-electron chi connectivity index (χ4n) is 0.957. The van der Waals surface area contributed by atoms with E-state index in [4.69, 9.17) is 5.11 Å². The van der Waals surface area contributed by atoms with Crippen LogP contribution in [0, 0.1) is 10.1 Å². The van der Waals surface area contributed by atoms with Gasteiger partial charge in [-0.15, -0.1) is 0 Å². The molecule has 0 atom stereocenters. The molecule has 0 unspecified atom stereocenters. The van der Waals surface area contributed by atoms with Crippen LogP contribution in [-0.2, 0) is 4.74 Å². The molecule has 0 aliphatic rings. The second kappa shape index (κ2) is 4.96. The van der Waals surface area contributed by atoms with E-state index in [1.54, 1.807) is 6.92 Å². The first-order chi connectivity index (χ1) is 7.54. The van der Waals surface area contributed by atoms with Crippen LogP contribution in [0.5, 0.6) is 11.5 Å². The smallest absolute Gasteiger partial charge is 0.502 e. The number of rotatable bonds is 3. The Morgan fingerprint density at radius 2 is 2.25 bits per heavy atom. The van der Waals surface area contributed by atoms with Gasteiger partial charge in [-0.25, -0.2) is 4.79 Å². The van der Waals surface area contributed by atoms with Crippen molar-refractivity contribution < 1.29 is 24.3 Å². The van der Waals surface area contributed by atoms with Gasteiger partial charge in [-0.3, -0.25) is 10.1 Å². The Hall–Kier alpha value is -2.31. The number of hydrogen-bond acceptors (Lipinski definition) is 6. The number of aromatic hydroxyl groups is 1. The van der Waals surface area contributed by atoms with Crippen molar-refractivity contribution in [1.82, 2.24) is 0 Å². The first-order valence-electron chi connectivity index (χ1n) is 4.36. The summed E-state index contributed by atoms with van der Waals surface area (Å²) < 4.78 is 9.11. The van der Waals surface area contributed by atoms with Crippen LogP contribution in [0.4, 0.5) is 10.5 Å². The molecule has 0 fully saturated rings. The van der Waals surface area contributed by atoms with Crippen molar-refractivity contribution in [2.45, 2.75) is 6.92 Å². The highest BCUT2D eigenvalue weighted by atomic mass is 16.7. The lowest BCUT2D eigenvalue weighted by Crippen LogP contribution is -2.10. The van der Waals surface area contributed by atoms with E-state index in [2.05, 4.69) is 9.47 Å². The van der Waals surface area contributed by atoms with Crippen LogP contribution in [0.15, 0.2) is 18.2 Å². The summed E-state index contributed by atoms with van der Waals surface area (Å²) in [4.78, 5) is 20.6. The summed E-state index contributed by atoms with van der Waals surface area (Å²) in [5, 5.41) is 19.6. The molecule has 0 aromatic heterocycles. The van der Waals surface area contributed by atoms with Crippen molar-refractivity contribution in [3.63, 3.8) is 0 Å². The van der Waals surface area contributed by atoms with Gasteiger partial charge in [-0.05, 0) is 19.1 Å². The number of phenols is 1. The largest absolute Gasteiger partial charge is 0.513 e. The number of carbonyl (C=O) groups is 1. The average Bonchev–Trinajstić information content (AvgIpc) is 2.21. The van der Waals surface area contributed by atoms with Crippen LogP contribution in [-0.4, -0.2) is 22.8 Å². The molecule has 0 saturated carbocycles. The number of nitro groups is 1. The number of hydrogen-bond donors (Lipinski definition) is 1. The van der Waals surface area contributed by atoms with Gasteiger partial charge in [-0.2, -0.15) is 0 Å². The van der Waals surface area contributed by atoms with E-state index < -0.39 is 22.5 Å². The number of nitro benzene ring substituents is 1. The van der Waals surface area contributed by atoms with Gasteiger partial charge >= 0.3 is 11.8 Å². The third kappa shape index (κ3) is 2.84. The van der Waals surface area contributed by atoms with Crippen molar-refractivity contribution in [2.75, 3.05) is 6.61 Å². The second-order valence-electron chi connectivity index (χ2n) is 2.69. The molecule has 0 spiro atoms. The van der Waals surface area contributed by atoms with Crippen molar-refractivity contribution in [3.05, 3.63) is 28.3 Å². The summed E-state index contributed by atoms with van der Waals surface area (Å²) in [6.45, 7) is 1.74. The zero-order chi connectivity index (χ0) is 12.1. The molecule has 0 radical (unpaired) electrons. The lowest BCUT2D eigenvalue weighted by molar-refractivity contribution is -0.385. The fraction of sp³-hybridized carbons (Fsp3) is 0.222. The van der Waals surface area contributed by atoms with Gasteiger partial charge in [-0.1, -0.05) is 0 Å². The summed E-state index contributed by atoms with van der Waals surface area (Å²) in [5.74, 6) is -0.566. The molecule has 1 N–H and O–H groups in total. The predicted molar refractivity (Wildman–Crippen MR) is 52.4 cm³/mol. The Morgan fingerprint density at radius 3 is 2.81 bits per heavy atom. The molecule has 7 heteroatoms. The maximum absolute atomic E-state index is 10.9. The number of ether oxygens (including phenoxy) is 2. The minimum atomic E-state index is -0.956. The molecule has 0 amide bonds. The van der Waals surface area contributed by atoms with Crippen LogP contribution in [0.25, 0.3) is 0 Å². The Labute approximate surface area is 90.4 Å². The highest BCUT2D eigenvalue weighted by Crippen LogP contribution is 2.29. The van der Waals surface area contributed by atoms with Crippen LogP contribution in [0.2, 0.25) is 0 Å². The van der Waals surface area contributed by atoms with E-state index in [1.165, 1.54) is 6.07 Å². The molecule has 86 valence electrons. The summed E-state index contributed by atoms with van der Waals surface area (Å²) in [6, 6.07) is 3.22. The van der Waals surface area contributed by atoms with E-state index in [-0.39, 0.29) is 12.4 Å². The predicted octanol–water partition coefficient (Wildman–Crippen LogP) is 1.84. The SMILES string of the molecule is CCOC(=O)Oc1ccc(O)c([N+](=O)[O-])c1. The number of phenolic OH excluding ortho intramolecular Hbond substituents is 1. The number of carbonyl (C=O) groups excluding carboxylic acids is 1. The molecular formula is C9H9NO6. The van der Waals surface area contributed by atoms with Crippen molar-refractivity contribution in [1.29, 1.82) is 0 Å². The average molecular weight is 227 g/mol. The summed E-state index contributed by atoms with van der Waals surface area (Å²) >= 11 is 0. The Morgan fingerprint density at radius 1 is 1.56 bits per heavy atom.